The molecule has 2 amide bonds. The fraction of sp³-hybridized carbons (Fsp3) is 0.333. The number of hydrogen-bond donors (Lipinski definition) is 1. The van der Waals surface area contributed by atoms with Gasteiger partial charge < -0.3 is 10.2 Å². The molecule has 0 aliphatic rings. The maximum absolute atomic E-state index is 13.9. The Balaban J connectivity index is 2.06. The van der Waals surface area contributed by atoms with Gasteiger partial charge in [0.25, 0.3) is 10.0 Å². The van der Waals surface area contributed by atoms with Gasteiger partial charge in [0.15, 0.2) is 0 Å². The average Bonchev–Trinajstić information content (AvgIpc) is 2.87. The van der Waals surface area contributed by atoms with Crippen LogP contribution in [-0.4, -0.2) is 43.8 Å². The molecule has 0 heterocycles. The van der Waals surface area contributed by atoms with Gasteiger partial charge in [-0.1, -0.05) is 60.2 Å². The van der Waals surface area contributed by atoms with Gasteiger partial charge in [-0.3, -0.25) is 13.9 Å². The zero-order valence-electron chi connectivity index (χ0n) is 22.9. The molecule has 0 aliphatic heterocycles. The zero-order valence-corrected chi connectivity index (χ0v) is 23.7. The Kier molecular flexibility index (Phi) is 9.33. The van der Waals surface area contributed by atoms with Crippen LogP contribution >= 0.6 is 0 Å². The van der Waals surface area contributed by atoms with Crippen LogP contribution in [0.5, 0.6) is 0 Å². The van der Waals surface area contributed by atoms with Crippen LogP contribution in [0.1, 0.15) is 43.0 Å². The lowest BCUT2D eigenvalue weighted by atomic mass is 10.1. The monoisotopic (exact) mass is 535 g/mol. The molecular formula is C30H37N3O4S. The molecule has 0 aromatic heterocycles. The molecule has 3 aromatic rings. The van der Waals surface area contributed by atoms with Gasteiger partial charge in [0.1, 0.15) is 12.6 Å². The normalized spacial score (nSPS) is 12.2. The van der Waals surface area contributed by atoms with Crippen molar-refractivity contribution < 1.29 is 18.0 Å². The highest BCUT2D eigenvalue weighted by Gasteiger charge is 2.33. The molecule has 7 nitrogen and oxygen atoms in total. The minimum atomic E-state index is -4.09. The highest BCUT2D eigenvalue weighted by Crippen LogP contribution is 2.29. The van der Waals surface area contributed by atoms with Crippen LogP contribution in [0.3, 0.4) is 0 Å². The lowest BCUT2D eigenvalue weighted by Crippen LogP contribution is -2.52. The van der Waals surface area contributed by atoms with Crippen LogP contribution in [0.4, 0.5) is 5.69 Å². The van der Waals surface area contributed by atoms with E-state index in [1.54, 1.807) is 43.3 Å². The summed E-state index contributed by atoms with van der Waals surface area (Å²) in [5.74, 6) is -0.777. The zero-order chi connectivity index (χ0) is 28.0. The number of anilines is 1. The highest BCUT2D eigenvalue weighted by atomic mass is 32.2. The van der Waals surface area contributed by atoms with Crippen molar-refractivity contribution in [3.05, 3.63) is 95.1 Å². The Morgan fingerprint density at radius 2 is 1.47 bits per heavy atom. The van der Waals surface area contributed by atoms with E-state index in [4.69, 9.17) is 0 Å². The molecule has 0 aliphatic carbocycles. The highest BCUT2D eigenvalue weighted by molar-refractivity contribution is 7.92. The van der Waals surface area contributed by atoms with Gasteiger partial charge in [-0.25, -0.2) is 8.42 Å². The molecule has 1 N–H and O–H groups in total. The number of rotatable bonds is 10. The number of nitrogens with zero attached hydrogens (tertiary/aromatic N) is 2. The minimum Gasteiger partial charge on any atom is -0.352 e. The van der Waals surface area contributed by atoms with Crippen LogP contribution in [-0.2, 0) is 26.2 Å². The third-order valence-corrected chi connectivity index (χ3v) is 8.30. The van der Waals surface area contributed by atoms with Crippen LogP contribution in [0.25, 0.3) is 0 Å². The van der Waals surface area contributed by atoms with E-state index in [1.165, 1.54) is 4.90 Å². The molecule has 202 valence electrons. The summed E-state index contributed by atoms with van der Waals surface area (Å²) >= 11 is 0. The van der Waals surface area contributed by atoms with E-state index in [2.05, 4.69) is 5.32 Å². The Hall–Kier alpha value is -3.65. The molecular weight excluding hydrogens is 498 g/mol. The number of carbonyl (C=O) groups is 2. The maximum Gasteiger partial charge on any atom is 0.264 e. The molecule has 0 saturated heterocycles. The molecule has 0 unspecified atom stereocenters. The predicted octanol–water partition coefficient (Wildman–Crippen LogP) is 4.75. The fourth-order valence-corrected chi connectivity index (χ4v) is 5.60. The quantitative estimate of drug-likeness (QED) is 0.406. The van der Waals surface area contributed by atoms with Crippen molar-refractivity contribution in [1.82, 2.24) is 10.2 Å². The summed E-state index contributed by atoms with van der Waals surface area (Å²) in [5.41, 5.74) is 3.86. The first kappa shape index (κ1) is 28.9. The van der Waals surface area contributed by atoms with Crippen molar-refractivity contribution in [3.8, 4) is 0 Å². The standard InChI is InChI=1S/C30H37N3O4S/c1-21(2)31-30(35)25(6)32(19-26-12-8-7-9-13-26)29(34)20-33(28-14-10-11-23(4)24(28)5)38(36,37)27-17-15-22(3)16-18-27/h7-18,21,25H,19-20H2,1-6H3,(H,31,35)/t25-/m1/s1. The van der Waals surface area contributed by atoms with Gasteiger partial charge in [0.2, 0.25) is 11.8 Å². The Morgan fingerprint density at radius 1 is 0.842 bits per heavy atom. The van der Waals surface area contributed by atoms with Crippen LogP contribution < -0.4 is 9.62 Å². The van der Waals surface area contributed by atoms with Gasteiger partial charge in [-0.2, -0.15) is 0 Å². The van der Waals surface area contributed by atoms with Gasteiger partial charge in [0, 0.05) is 12.6 Å². The second kappa shape index (κ2) is 12.3. The number of hydrogen-bond acceptors (Lipinski definition) is 4. The van der Waals surface area contributed by atoms with Crippen molar-refractivity contribution >= 4 is 27.5 Å². The third kappa shape index (κ3) is 6.81. The molecule has 0 bridgehead atoms. The Labute approximate surface area is 226 Å². The lowest BCUT2D eigenvalue weighted by Gasteiger charge is -2.33. The van der Waals surface area contributed by atoms with Crippen molar-refractivity contribution in [3.63, 3.8) is 0 Å². The maximum atomic E-state index is 13.9. The van der Waals surface area contributed by atoms with E-state index >= 15 is 0 Å². The summed E-state index contributed by atoms with van der Waals surface area (Å²) in [6.07, 6.45) is 0. The van der Waals surface area contributed by atoms with Crippen molar-refractivity contribution in [2.24, 2.45) is 0 Å². The summed E-state index contributed by atoms with van der Waals surface area (Å²) in [6, 6.07) is 20.4. The summed E-state index contributed by atoms with van der Waals surface area (Å²) in [5, 5.41) is 2.86. The lowest BCUT2D eigenvalue weighted by molar-refractivity contribution is -0.139. The summed E-state index contributed by atoms with van der Waals surface area (Å²) in [6.45, 7) is 10.7. The smallest absolute Gasteiger partial charge is 0.264 e. The molecule has 8 heteroatoms. The summed E-state index contributed by atoms with van der Waals surface area (Å²) in [4.78, 5) is 28.4. The van der Waals surface area contributed by atoms with Crippen molar-refractivity contribution in [1.29, 1.82) is 0 Å². The van der Waals surface area contributed by atoms with Crippen molar-refractivity contribution in [2.45, 2.75) is 65.1 Å². The van der Waals surface area contributed by atoms with E-state index < -0.39 is 28.5 Å². The fourth-order valence-electron chi connectivity index (χ4n) is 4.12. The van der Waals surface area contributed by atoms with Gasteiger partial charge in [-0.05, 0) is 76.4 Å². The second-order valence-electron chi connectivity index (χ2n) is 9.89. The molecule has 3 aromatic carbocycles. The van der Waals surface area contributed by atoms with E-state index in [0.717, 1.165) is 26.6 Å². The largest absolute Gasteiger partial charge is 0.352 e. The van der Waals surface area contributed by atoms with Gasteiger partial charge in [0.05, 0.1) is 10.6 Å². The molecule has 0 saturated carbocycles. The first-order valence-corrected chi connectivity index (χ1v) is 14.1. The van der Waals surface area contributed by atoms with E-state index in [9.17, 15) is 18.0 Å². The molecule has 0 radical (unpaired) electrons. The third-order valence-electron chi connectivity index (χ3n) is 6.53. The topological polar surface area (TPSA) is 86.8 Å². The minimum absolute atomic E-state index is 0.0945. The van der Waals surface area contributed by atoms with Crippen molar-refractivity contribution in [2.75, 3.05) is 10.8 Å². The first-order valence-electron chi connectivity index (χ1n) is 12.7. The number of nitrogens with one attached hydrogen (secondary N) is 1. The molecule has 3 rings (SSSR count). The van der Waals surface area contributed by atoms with E-state index in [0.29, 0.717) is 5.69 Å². The Bertz CT molecular complexity index is 1370. The molecule has 1 atom stereocenters. The number of aryl methyl sites for hydroxylation is 2. The number of carbonyl (C=O) groups excluding carboxylic acids is 2. The average molecular weight is 536 g/mol. The Morgan fingerprint density at radius 3 is 2.08 bits per heavy atom. The SMILES string of the molecule is Cc1ccc(S(=O)(=O)N(CC(=O)N(Cc2ccccc2)[C@H](C)C(=O)NC(C)C)c2cccc(C)c2C)cc1. The number of benzene rings is 3. The van der Waals surface area contributed by atoms with Crippen LogP contribution in [0.2, 0.25) is 0 Å². The van der Waals surface area contributed by atoms with E-state index in [-0.39, 0.29) is 23.4 Å². The van der Waals surface area contributed by atoms with Gasteiger partial charge in [-0.15, -0.1) is 0 Å². The molecule has 38 heavy (non-hydrogen) atoms. The summed E-state index contributed by atoms with van der Waals surface area (Å²) in [7, 11) is -4.09. The predicted molar refractivity (Wildman–Crippen MR) is 151 cm³/mol. The van der Waals surface area contributed by atoms with E-state index in [1.807, 2.05) is 71.0 Å². The second-order valence-corrected chi connectivity index (χ2v) is 11.8. The molecule has 0 spiro atoms. The van der Waals surface area contributed by atoms with Crippen LogP contribution in [0.15, 0.2) is 77.7 Å². The van der Waals surface area contributed by atoms with Gasteiger partial charge >= 0.3 is 0 Å². The first-order chi connectivity index (χ1) is 17.9. The molecule has 0 fully saturated rings. The number of amides is 2. The number of sulfonamides is 1. The summed E-state index contributed by atoms with van der Waals surface area (Å²) < 4.78 is 29.1. The van der Waals surface area contributed by atoms with Crippen LogP contribution in [0, 0.1) is 20.8 Å².